The fourth-order valence-corrected chi connectivity index (χ4v) is 3.45. The summed E-state index contributed by atoms with van der Waals surface area (Å²) < 4.78 is 74.7. The molecule has 4 nitrogen and oxygen atoms in total. The van der Waals surface area contributed by atoms with Crippen molar-refractivity contribution in [1.29, 1.82) is 0 Å². The monoisotopic (exact) mass is 389 g/mol. The molecule has 0 spiro atoms. The molecule has 1 fully saturated rings. The third kappa shape index (κ3) is 3.91. The lowest BCUT2D eigenvalue weighted by Crippen LogP contribution is -2.31. The molecule has 1 aromatic carbocycles. The molecule has 0 amide bonds. The number of aromatic nitrogens is 3. The number of hydrogen-bond donors (Lipinski definition) is 0. The zero-order valence-electron chi connectivity index (χ0n) is 15.2. The summed E-state index contributed by atoms with van der Waals surface area (Å²) in [5.41, 5.74) is -1.29. The molecule has 9 heteroatoms. The Labute approximate surface area is 153 Å². The molecular formula is C18H20F5N3O. The van der Waals surface area contributed by atoms with Crippen LogP contribution in [0.15, 0.2) is 12.1 Å². The first-order valence-electron chi connectivity index (χ1n) is 8.61. The van der Waals surface area contributed by atoms with E-state index in [0.29, 0.717) is 18.0 Å². The molecule has 148 valence electrons. The quantitative estimate of drug-likeness (QED) is 0.703. The van der Waals surface area contributed by atoms with E-state index in [4.69, 9.17) is 4.74 Å². The Hall–Kier alpha value is -2.19. The van der Waals surface area contributed by atoms with Gasteiger partial charge in [0.05, 0.1) is 0 Å². The minimum absolute atomic E-state index is 0.175. The van der Waals surface area contributed by atoms with Crippen LogP contribution in [-0.2, 0) is 12.6 Å². The molecule has 1 aliphatic carbocycles. The topological polar surface area (TPSA) is 39.9 Å². The Kier molecular flexibility index (Phi) is 4.90. The van der Waals surface area contributed by atoms with Crippen LogP contribution in [0.2, 0.25) is 0 Å². The highest BCUT2D eigenvalue weighted by atomic mass is 19.3. The second-order valence-corrected chi connectivity index (χ2v) is 7.38. The molecular weight excluding hydrogens is 369 g/mol. The largest absolute Gasteiger partial charge is 0.474 e. The minimum Gasteiger partial charge on any atom is -0.474 e. The van der Waals surface area contributed by atoms with Crippen LogP contribution in [0.1, 0.15) is 57.1 Å². The molecule has 0 aliphatic heterocycles. The van der Waals surface area contributed by atoms with Crippen molar-refractivity contribution in [3.63, 3.8) is 0 Å². The number of halogens is 5. The van der Waals surface area contributed by atoms with Crippen LogP contribution in [0, 0.1) is 17.5 Å². The first kappa shape index (κ1) is 19.6. The van der Waals surface area contributed by atoms with Crippen molar-refractivity contribution in [2.45, 2.75) is 57.0 Å². The second kappa shape index (κ2) is 6.76. The number of hydrogen-bond acceptors (Lipinski definition) is 3. The summed E-state index contributed by atoms with van der Waals surface area (Å²) in [6, 6.07) is 1.05. The van der Waals surface area contributed by atoms with Gasteiger partial charge in [-0.2, -0.15) is 0 Å². The van der Waals surface area contributed by atoms with E-state index < -0.39 is 34.7 Å². The Morgan fingerprint density at radius 1 is 1.07 bits per heavy atom. The highest BCUT2D eigenvalue weighted by Crippen LogP contribution is 2.41. The summed E-state index contributed by atoms with van der Waals surface area (Å²) in [5.74, 6) is -6.14. The van der Waals surface area contributed by atoms with E-state index >= 15 is 0 Å². The van der Waals surface area contributed by atoms with Gasteiger partial charge < -0.3 is 9.30 Å². The van der Waals surface area contributed by atoms with Crippen molar-refractivity contribution in [3.8, 4) is 5.75 Å². The number of ether oxygens (including phenoxy) is 1. The zero-order chi connectivity index (χ0) is 20.0. The summed E-state index contributed by atoms with van der Waals surface area (Å²) in [6.45, 7) is 3.08. The predicted molar refractivity (Wildman–Crippen MR) is 87.1 cm³/mol. The lowest BCUT2D eigenvalue weighted by atomic mass is 9.86. The average molecular weight is 389 g/mol. The maximum atomic E-state index is 13.9. The van der Waals surface area contributed by atoms with Crippen molar-refractivity contribution in [2.75, 3.05) is 0 Å². The van der Waals surface area contributed by atoms with Crippen LogP contribution >= 0.6 is 0 Å². The third-order valence-electron chi connectivity index (χ3n) is 4.85. The van der Waals surface area contributed by atoms with Crippen LogP contribution in [0.3, 0.4) is 0 Å². The summed E-state index contributed by atoms with van der Waals surface area (Å²) >= 11 is 0. The third-order valence-corrected chi connectivity index (χ3v) is 4.85. The van der Waals surface area contributed by atoms with E-state index in [2.05, 4.69) is 10.2 Å². The van der Waals surface area contributed by atoms with E-state index in [9.17, 15) is 22.0 Å². The van der Waals surface area contributed by atoms with Crippen LogP contribution in [-0.4, -0.2) is 20.7 Å². The molecule has 27 heavy (non-hydrogen) atoms. The molecule has 2 aromatic rings. The van der Waals surface area contributed by atoms with Crippen molar-refractivity contribution in [2.24, 2.45) is 7.05 Å². The van der Waals surface area contributed by atoms with Gasteiger partial charge in [0.1, 0.15) is 11.6 Å². The van der Waals surface area contributed by atoms with Crippen molar-refractivity contribution < 1.29 is 26.7 Å². The molecule has 1 aromatic heterocycles. The molecule has 0 N–H and O–H groups in total. The van der Waals surface area contributed by atoms with Crippen molar-refractivity contribution in [1.82, 2.24) is 14.8 Å². The first-order chi connectivity index (χ1) is 12.5. The number of rotatable bonds is 4. The molecule has 0 bridgehead atoms. The van der Waals surface area contributed by atoms with Crippen LogP contribution < -0.4 is 4.74 Å². The van der Waals surface area contributed by atoms with Crippen molar-refractivity contribution >= 4 is 0 Å². The van der Waals surface area contributed by atoms with Gasteiger partial charge in [-0.15, -0.1) is 10.2 Å². The SMILES string of the molecule is Cn1c(C2CCC(F)(F)CC2)nnc1C(C)(C)Oc1c(F)cc(F)cc1F. The van der Waals surface area contributed by atoms with Gasteiger partial charge in [-0.1, -0.05) is 0 Å². The fourth-order valence-electron chi connectivity index (χ4n) is 3.45. The van der Waals surface area contributed by atoms with Gasteiger partial charge in [0, 0.05) is 37.9 Å². The minimum atomic E-state index is -2.65. The first-order valence-corrected chi connectivity index (χ1v) is 8.61. The van der Waals surface area contributed by atoms with Gasteiger partial charge >= 0.3 is 0 Å². The van der Waals surface area contributed by atoms with Crippen LogP contribution in [0.4, 0.5) is 22.0 Å². The summed E-state index contributed by atoms with van der Waals surface area (Å²) in [5, 5.41) is 8.15. The average Bonchev–Trinajstić information content (AvgIpc) is 2.93. The Morgan fingerprint density at radius 2 is 1.63 bits per heavy atom. The molecule has 3 rings (SSSR count). The van der Waals surface area contributed by atoms with Crippen LogP contribution in [0.5, 0.6) is 5.75 Å². The van der Waals surface area contributed by atoms with E-state index in [1.807, 2.05) is 0 Å². The maximum absolute atomic E-state index is 13.9. The summed E-state index contributed by atoms with van der Waals surface area (Å²) in [6.07, 6.45) is 0.125. The molecule has 1 aliphatic rings. The predicted octanol–water partition coefficient (Wildman–Crippen LogP) is 4.84. The lowest BCUT2D eigenvalue weighted by molar-refractivity contribution is -0.0390. The molecule has 0 saturated heterocycles. The highest BCUT2D eigenvalue weighted by Gasteiger charge is 2.38. The van der Waals surface area contributed by atoms with E-state index in [1.165, 1.54) is 13.8 Å². The van der Waals surface area contributed by atoms with E-state index in [-0.39, 0.29) is 37.4 Å². The lowest BCUT2D eigenvalue weighted by Gasteiger charge is -2.29. The standard InChI is InChI=1S/C18H20F5N3O/c1-17(2,27-14-12(20)8-11(19)9-13(14)21)16-25-24-15(26(16)3)10-4-6-18(22,23)7-5-10/h8-10H,4-7H2,1-3H3. The van der Waals surface area contributed by atoms with Gasteiger partial charge in [0.2, 0.25) is 5.92 Å². The highest BCUT2D eigenvalue weighted by molar-refractivity contribution is 5.28. The summed E-state index contributed by atoms with van der Waals surface area (Å²) in [7, 11) is 1.65. The number of nitrogens with zero attached hydrogens (tertiary/aromatic N) is 3. The molecule has 0 radical (unpaired) electrons. The zero-order valence-corrected chi connectivity index (χ0v) is 15.2. The van der Waals surface area contributed by atoms with Gasteiger partial charge in [0.25, 0.3) is 0 Å². The second-order valence-electron chi connectivity index (χ2n) is 7.38. The molecule has 1 heterocycles. The Balaban J connectivity index is 1.85. The Morgan fingerprint density at radius 3 is 2.19 bits per heavy atom. The van der Waals surface area contributed by atoms with Crippen LogP contribution in [0.25, 0.3) is 0 Å². The fraction of sp³-hybridized carbons (Fsp3) is 0.556. The van der Waals surface area contributed by atoms with Gasteiger partial charge in [-0.3, -0.25) is 0 Å². The molecule has 0 atom stereocenters. The molecule has 1 saturated carbocycles. The Bertz CT molecular complexity index is 817. The molecule has 0 unspecified atom stereocenters. The maximum Gasteiger partial charge on any atom is 0.248 e. The van der Waals surface area contributed by atoms with Gasteiger partial charge in [0.15, 0.2) is 28.8 Å². The number of benzene rings is 1. The van der Waals surface area contributed by atoms with E-state index in [1.54, 1.807) is 11.6 Å². The van der Waals surface area contributed by atoms with Gasteiger partial charge in [-0.25, -0.2) is 22.0 Å². The van der Waals surface area contributed by atoms with Crippen molar-refractivity contribution in [3.05, 3.63) is 41.2 Å². The summed E-state index contributed by atoms with van der Waals surface area (Å²) in [4.78, 5) is 0. The van der Waals surface area contributed by atoms with Gasteiger partial charge in [-0.05, 0) is 26.7 Å². The smallest absolute Gasteiger partial charge is 0.248 e. The number of alkyl halides is 2. The van der Waals surface area contributed by atoms with E-state index in [0.717, 1.165) is 0 Å². The normalized spacial score (nSPS) is 17.9.